The highest BCUT2D eigenvalue weighted by molar-refractivity contribution is 14.0. The molecular formula is C22H40IN7S. The third-order valence-corrected chi connectivity index (χ3v) is 7.84. The van der Waals surface area contributed by atoms with Crippen molar-refractivity contribution < 1.29 is 0 Å². The van der Waals surface area contributed by atoms with Crippen LogP contribution in [-0.2, 0) is 19.4 Å². The van der Waals surface area contributed by atoms with E-state index in [1.54, 1.807) is 0 Å². The van der Waals surface area contributed by atoms with Gasteiger partial charge in [0.2, 0.25) is 0 Å². The van der Waals surface area contributed by atoms with Gasteiger partial charge in [0.25, 0.3) is 0 Å². The third kappa shape index (κ3) is 6.28. The van der Waals surface area contributed by atoms with Gasteiger partial charge in [0.1, 0.15) is 5.82 Å². The minimum absolute atomic E-state index is 0. The summed E-state index contributed by atoms with van der Waals surface area (Å²) in [7, 11) is 0. The van der Waals surface area contributed by atoms with Gasteiger partial charge >= 0.3 is 0 Å². The number of rotatable bonds is 6. The van der Waals surface area contributed by atoms with E-state index in [1.165, 1.54) is 56.7 Å². The molecule has 0 spiro atoms. The van der Waals surface area contributed by atoms with Gasteiger partial charge in [-0.2, -0.15) is 16.9 Å². The van der Waals surface area contributed by atoms with Crippen LogP contribution in [0.25, 0.3) is 0 Å². The molecule has 0 bridgehead atoms. The fourth-order valence-electron chi connectivity index (χ4n) is 5.19. The molecule has 7 nitrogen and oxygen atoms in total. The molecule has 3 heterocycles. The van der Waals surface area contributed by atoms with Crippen molar-refractivity contribution >= 4 is 41.7 Å². The first-order chi connectivity index (χ1) is 14.7. The van der Waals surface area contributed by atoms with Gasteiger partial charge in [0.15, 0.2) is 11.8 Å². The second kappa shape index (κ2) is 12.1. The second-order valence-electron chi connectivity index (χ2n) is 8.94. The van der Waals surface area contributed by atoms with Crippen LogP contribution in [0.1, 0.15) is 64.0 Å². The van der Waals surface area contributed by atoms with E-state index < -0.39 is 0 Å². The summed E-state index contributed by atoms with van der Waals surface area (Å²) in [6.45, 7) is 9.40. The number of guanidine groups is 1. The Morgan fingerprint density at radius 1 is 1.19 bits per heavy atom. The van der Waals surface area contributed by atoms with Crippen LogP contribution >= 0.6 is 35.7 Å². The van der Waals surface area contributed by atoms with Crippen molar-refractivity contribution in [1.82, 2.24) is 30.3 Å². The molecule has 3 aliphatic rings. The molecule has 1 aliphatic carbocycles. The van der Waals surface area contributed by atoms with Crippen molar-refractivity contribution in [2.75, 3.05) is 37.7 Å². The lowest BCUT2D eigenvalue weighted by Gasteiger charge is -2.47. The van der Waals surface area contributed by atoms with E-state index in [0.717, 1.165) is 56.5 Å². The Bertz CT molecular complexity index is 711. The van der Waals surface area contributed by atoms with Crippen LogP contribution in [-0.4, -0.2) is 74.9 Å². The molecule has 0 radical (unpaired) electrons. The second-order valence-corrected chi connectivity index (χ2v) is 10.2. The molecule has 0 aromatic carbocycles. The summed E-state index contributed by atoms with van der Waals surface area (Å²) < 4.78 is 2.09. The lowest BCUT2D eigenvalue weighted by atomic mass is 9.80. The minimum Gasteiger partial charge on any atom is -0.357 e. The zero-order valence-electron chi connectivity index (χ0n) is 19.2. The maximum Gasteiger partial charge on any atom is 0.191 e. The maximum absolute atomic E-state index is 5.16. The molecule has 31 heavy (non-hydrogen) atoms. The first-order valence-corrected chi connectivity index (χ1v) is 13.2. The molecule has 176 valence electrons. The van der Waals surface area contributed by atoms with Crippen LogP contribution in [0.15, 0.2) is 4.99 Å². The first-order valence-electron chi connectivity index (χ1n) is 12.0. The third-order valence-electron chi connectivity index (χ3n) is 6.90. The number of halogens is 1. The standard InChI is InChI=1S/C22H39N7S.HI/c1-3-19-26-20-9-8-18(16-29(20)27-19)25-21(23-4-2)24-17-22(10-6-5-7-11-22)28-12-14-30-15-13-28;/h18H,3-17H2,1-2H3,(H2,23,24,25);1H. The average Bonchev–Trinajstić information content (AvgIpc) is 3.21. The largest absolute Gasteiger partial charge is 0.357 e. The van der Waals surface area contributed by atoms with Gasteiger partial charge in [-0.1, -0.05) is 26.2 Å². The molecule has 9 heteroatoms. The van der Waals surface area contributed by atoms with Gasteiger partial charge in [0, 0.05) is 55.6 Å². The number of hydrogen-bond acceptors (Lipinski definition) is 5. The van der Waals surface area contributed by atoms with Crippen molar-refractivity contribution in [3.63, 3.8) is 0 Å². The van der Waals surface area contributed by atoms with E-state index in [9.17, 15) is 0 Å². The van der Waals surface area contributed by atoms with Crippen LogP contribution in [0.4, 0.5) is 0 Å². The highest BCUT2D eigenvalue weighted by atomic mass is 127. The number of fused-ring (bicyclic) bond motifs is 1. The van der Waals surface area contributed by atoms with E-state index in [1.807, 2.05) is 0 Å². The Kier molecular flexibility index (Phi) is 9.76. The number of aliphatic imine (C=N–C) groups is 1. The Hall–Kier alpha value is -0.550. The maximum atomic E-state index is 5.16. The number of hydrogen-bond donors (Lipinski definition) is 2. The fourth-order valence-corrected chi connectivity index (χ4v) is 6.09. The topological polar surface area (TPSA) is 70.4 Å². The fraction of sp³-hybridized carbons (Fsp3) is 0.864. The van der Waals surface area contributed by atoms with Gasteiger partial charge in [0.05, 0.1) is 13.1 Å². The quantitative estimate of drug-likeness (QED) is 0.316. The summed E-state index contributed by atoms with van der Waals surface area (Å²) in [5, 5.41) is 11.9. The molecule has 1 unspecified atom stereocenters. The van der Waals surface area contributed by atoms with E-state index in [0.29, 0.717) is 6.04 Å². The highest BCUT2D eigenvalue weighted by Gasteiger charge is 2.38. The van der Waals surface area contributed by atoms with Crippen LogP contribution in [0.2, 0.25) is 0 Å². The van der Waals surface area contributed by atoms with Crippen LogP contribution in [0.5, 0.6) is 0 Å². The van der Waals surface area contributed by atoms with E-state index in [-0.39, 0.29) is 29.5 Å². The Balaban J connectivity index is 0.00000272. The molecule has 2 fully saturated rings. The van der Waals surface area contributed by atoms with Gasteiger partial charge in [-0.05, 0) is 26.2 Å². The number of nitrogens with one attached hydrogen (secondary N) is 2. The highest BCUT2D eigenvalue weighted by Crippen LogP contribution is 2.35. The molecule has 1 aromatic heterocycles. The number of aryl methyl sites for hydroxylation is 2. The van der Waals surface area contributed by atoms with Crippen LogP contribution in [0.3, 0.4) is 0 Å². The van der Waals surface area contributed by atoms with E-state index in [4.69, 9.17) is 4.99 Å². The van der Waals surface area contributed by atoms with E-state index in [2.05, 4.69) is 55.9 Å². The normalized spacial score (nSPS) is 24.2. The summed E-state index contributed by atoms with van der Waals surface area (Å²) >= 11 is 2.10. The van der Waals surface area contributed by atoms with Gasteiger partial charge in [-0.15, -0.1) is 24.0 Å². The Morgan fingerprint density at radius 3 is 2.68 bits per heavy atom. The van der Waals surface area contributed by atoms with Crippen molar-refractivity contribution in [2.45, 2.75) is 83.3 Å². The molecule has 2 N–H and O–H groups in total. The first kappa shape index (κ1) is 25.1. The summed E-state index contributed by atoms with van der Waals surface area (Å²) in [6, 6.07) is 0.357. The number of nitrogens with zero attached hydrogens (tertiary/aromatic N) is 5. The summed E-state index contributed by atoms with van der Waals surface area (Å²) in [5.74, 6) is 5.61. The predicted octanol–water partition coefficient (Wildman–Crippen LogP) is 3.08. The molecule has 1 aromatic rings. The number of thioether (sulfide) groups is 1. The minimum atomic E-state index is 0. The van der Waals surface area contributed by atoms with Crippen molar-refractivity contribution in [2.24, 2.45) is 4.99 Å². The molecule has 0 amide bonds. The lowest BCUT2D eigenvalue weighted by molar-refractivity contribution is 0.0671. The summed E-state index contributed by atoms with van der Waals surface area (Å²) in [5.41, 5.74) is 0.267. The Labute approximate surface area is 209 Å². The van der Waals surface area contributed by atoms with Gasteiger partial charge in [-0.3, -0.25) is 9.89 Å². The zero-order chi connectivity index (χ0) is 20.8. The molecule has 1 saturated carbocycles. The van der Waals surface area contributed by atoms with Crippen molar-refractivity contribution in [1.29, 1.82) is 0 Å². The smallest absolute Gasteiger partial charge is 0.191 e. The molecule has 2 aliphatic heterocycles. The lowest BCUT2D eigenvalue weighted by Crippen LogP contribution is -2.56. The predicted molar refractivity (Wildman–Crippen MR) is 141 cm³/mol. The van der Waals surface area contributed by atoms with Crippen molar-refractivity contribution in [3.05, 3.63) is 11.6 Å². The van der Waals surface area contributed by atoms with Crippen LogP contribution in [0, 0.1) is 0 Å². The van der Waals surface area contributed by atoms with Crippen LogP contribution < -0.4 is 10.6 Å². The SMILES string of the molecule is CCNC(=NCC1(N2CCSCC2)CCCCC1)NC1CCc2nc(CC)nn2C1.I. The average molecular weight is 562 g/mol. The Morgan fingerprint density at radius 2 is 1.97 bits per heavy atom. The monoisotopic (exact) mass is 561 g/mol. The molecule has 1 saturated heterocycles. The summed E-state index contributed by atoms with van der Waals surface area (Å²) in [4.78, 5) is 12.6. The van der Waals surface area contributed by atoms with Crippen molar-refractivity contribution in [3.8, 4) is 0 Å². The molecule has 4 rings (SSSR count). The number of aromatic nitrogens is 3. The van der Waals surface area contributed by atoms with Gasteiger partial charge in [-0.25, -0.2) is 9.67 Å². The summed E-state index contributed by atoms with van der Waals surface area (Å²) in [6.07, 6.45) is 9.65. The molecule has 1 atom stereocenters. The van der Waals surface area contributed by atoms with E-state index >= 15 is 0 Å². The zero-order valence-corrected chi connectivity index (χ0v) is 22.4. The molecular weight excluding hydrogens is 521 g/mol. The van der Waals surface area contributed by atoms with Gasteiger partial charge < -0.3 is 10.6 Å².